The molecule has 0 N–H and O–H groups in total. The zero-order chi connectivity index (χ0) is 23.7. The van der Waals surface area contributed by atoms with Gasteiger partial charge in [0.15, 0.2) is 0 Å². The SMILES string of the molecule is O=C1CN(S(=O)(=O)c2ccc3cc(Br)ccc3c2)CCN1CC1CCN(c2ccncc2)CC1. The van der Waals surface area contributed by atoms with Gasteiger partial charge in [-0.15, -0.1) is 0 Å². The molecule has 0 unspecified atom stereocenters. The van der Waals surface area contributed by atoms with E-state index in [1.165, 1.54) is 9.99 Å². The van der Waals surface area contributed by atoms with Gasteiger partial charge in [0.1, 0.15) is 0 Å². The first kappa shape index (κ1) is 23.3. The number of sulfonamides is 1. The third kappa shape index (κ3) is 4.82. The zero-order valence-electron chi connectivity index (χ0n) is 18.8. The van der Waals surface area contributed by atoms with Crippen LogP contribution in [0.4, 0.5) is 5.69 Å². The van der Waals surface area contributed by atoms with Gasteiger partial charge in [-0.2, -0.15) is 4.31 Å². The predicted molar refractivity (Wildman–Crippen MR) is 136 cm³/mol. The molecule has 2 aliphatic heterocycles. The first-order valence-electron chi connectivity index (χ1n) is 11.5. The Morgan fingerprint density at radius 2 is 1.62 bits per heavy atom. The number of benzene rings is 2. The molecule has 0 aliphatic carbocycles. The zero-order valence-corrected chi connectivity index (χ0v) is 21.2. The van der Waals surface area contributed by atoms with Gasteiger partial charge in [-0.1, -0.05) is 28.1 Å². The van der Waals surface area contributed by atoms with Crippen molar-refractivity contribution >= 4 is 48.3 Å². The van der Waals surface area contributed by atoms with E-state index in [4.69, 9.17) is 0 Å². The molecule has 0 radical (unpaired) electrons. The smallest absolute Gasteiger partial charge is 0.243 e. The lowest BCUT2D eigenvalue weighted by Crippen LogP contribution is -2.53. The van der Waals surface area contributed by atoms with E-state index in [1.807, 2.05) is 53.7 Å². The number of nitrogens with zero attached hydrogens (tertiary/aromatic N) is 4. The number of pyridine rings is 1. The molecule has 0 saturated carbocycles. The Labute approximate surface area is 208 Å². The highest BCUT2D eigenvalue weighted by Gasteiger charge is 2.34. The van der Waals surface area contributed by atoms with E-state index in [-0.39, 0.29) is 17.3 Å². The Bertz CT molecular complexity index is 1290. The van der Waals surface area contributed by atoms with Crippen LogP contribution in [0, 0.1) is 5.92 Å². The second-order valence-electron chi connectivity index (χ2n) is 8.97. The highest BCUT2D eigenvalue weighted by Crippen LogP contribution is 2.27. The first-order valence-corrected chi connectivity index (χ1v) is 13.8. The van der Waals surface area contributed by atoms with Gasteiger partial charge in [0.25, 0.3) is 0 Å². The maximum absolute atomic E-state index is 13.2. The minimum Gasteiger partial charge on any atom is -0.371 e. The molecule has 2 saturated heterocycles. The quantitative estimate of drug-likeness (QED) is 0.490. The van der Waals surface area contributed by atoms with Gasteiger partial charge < -0.3 is 9.80 Å². The van der Waals surface area contributed by atoms with Crippen molar-refractivity contribution in [2.75, 3.05) is 44.2 Å². The van der Waals surface area contributed by atoms with Gasteiger partial charge >= 0.3 is 0 Å². The molecule has 3 aromatic rings. The fraction of sp³-hybridized carbons (Fsp3) is 0.360. The minimum absolute atomic E-state index is 0.101. The molecule has 5 rings (SSSR count). The molecule has 1 amide bonds. The van der Waals surface area contributed by atoms with Crippen LogP contribution in [0.15, 0.2) is 70.3 Å². The molecule has 178 valence electrons. The van der Waals surface area contributed by atoms with Gasteiger partial charge in [0.05, 0.1) is 11.4 Å². The summed E-state index contributed by atoms with van der Waals surface area (Å²) in [5, 5.41) is 1.82. The van der Waals surface area contributed by atoms with Crippen LogP contribution < -0.4 is 4.90 Å². The van der Waals surface area contributed by atoms with E-state index in [9.17, 15) is 13.2 Å². The van der Waals surface area contributed by atoms with Crippen molar-refractivity contribution in [1.29, 1.82) is 0 Å². The van der Waals surface area contributed by atoms with Crippen LogP contribution in [0.25, 0.3) is 10.8 Å². The number of aromatic nitrogens is 1. The van der Waals surface area contributed by atoms with E-state index in [0.29, 0.717) is 25.6 Å². The van der Waals surface area contributed by atoms with Gasteiger partial charge in [-0.05, 0) is 65.9 Å². The van der Waals surface area contributed by atoms with E-state index in [1.54, 1.807) is 12.1 Å². The van der Waals surface area contributed by atoms with Crippen LogP contribution in [-0.2, 0) is 14.8 Å². The number of amides is 1. The lowest BCUT2D eigenvalue weighted by Gasteiger charge is -2.38. The number of hydrogen-bond acceptors (Lipinski definition) is 5. The molecule has 7 nitrogen and oxygen atoms in total. The summed E-state index contributed by atoms with van der Waals surface area (Å²) in [6, 6.07) is 14.9. The molecule has 9 heteroatoms. The average Bonchev–Trinajstić information content (AvgIpc) is 2.86. The highest BCUT2D eigenvalue weighted by molar-refractivity contribution is 9.10. The molecule has 3 heterocycles. The predicted octanol–water partition coefficient (Wildman–Crippen LogP) is 3.75. The van der Waals surface area contributed by atoms with Gasteiger partial charge in [-0.3, -0.25) is 9.78 Å². The summed E-state index contributed by atoms with van der Waals surface area (Å²) in [5.41, 5.74) is 1.18. The molecule has 0 bridgehead atoms. The monoisotopic (exact) mass is 542 g/mol. The lowest BCUT2D eigenvalue weighted by atomic mass is 9.95. The molecule has 34 heavy (non-hydrogen) atoms. The average molecular weight is 543 g/mol. The Hall–Kier alpha value is -2.49. The first-order chi connectivity index (χ1) is 16.4. The summed E-state index contributed by atoms with van der Waals surface area (Å²) in [7, 11) is -3.73. The second kappa shape index (κ2) is 9.64. The fourth-order valence-electron chi connectivity index (χ4n) is 4.83. The number of halogens is 1. The van der Waals surface area contributed by atoms with Gasteiger partial charge in [-0.25, -0.2) is 8.42 Å². The molecular formula is C25H27BrN4O3S. The van der Waals surface area contributed by atoms with Crippen LogP contribution >= 0.6 is 15.9 Å². The number of hydrogen-bond donors (Lipinski definition) is 0. The van der Waals surface area contributed by atoms with Crippen molar-refractivity contribution in [2.45, 2.75) is 17.7 Å². The van der Waals surface area contributed by atoms with Crippen molar-refractivity contribution in [3.05, 3.63) is 65.4 Å². The third-order valence-electron chi connectivity index (χ3n) is 6.82. The van der Waals surface area contributed by atoms with E-state index >= 15 is 0 Å². The number of fused-ring (bicyclic) bond motifs is 1. The van der Waals surface area contributed by atoms with Crippen LogP contribution in [0.3, 0.4) is 0 Å². The Balaban J connectivity index is 1.19. The summed E-state index contributed by atoms with van der Waals surface area (Å²) in [4.78, 5) is 21.4. The minimum atomic E-state index is -3.73. The molecular weight excluding hydrogens is 516 g/mol. The number of piperazine rings is 1. The van der Waals surface area contributed by atoms with Gasteiger partial charge in [0, 0.05) is 55.3 Å². The van der Waals surface area contributed by atoms with E-state index < -0.39 is 10.0 Å². The molecule has 2 aliphatic rings. The largest absolute Gasteiger partial charge is 0.371 e. The van der Waals surface area contributed by atoms with Crippen molar-refractivity contribution < 1.29 is 13.2 Å². The number of piperidine rings is 1. The Kier molecular flexibility index (Phi) is 6.59. The van der Waals surface area contributed by atoms with Crippen molar-refractivity contribution in [1.82, 2.24) is 14.2 Å². The maximum Gasteiger partial charge on any atom is 0.243 e. The van der Waals surface area contributed by atoms with Crippen LogP contribution in [0.1, 0.15) is 12.8 Å². The fourth-order valence-corrected chi connectivity index (χ4v) is 6.62. The van der Waals surface area contributed by atoms with Crippen LogP contribution in [0.5, 0.6) is 0 Å². The van der Waals surface area contributed by atoms with Crippen molar-refractivity contribution in [2.24, 2.45) is 5.92 Å². The number of carbonyl (C=O) groups excluding carboxylic acids is 1. The number of rotatable bonds is 5. The van der Waals surface area contributed by atoms with E-state index in [0.717, 1.165) is 41.2 Å². The lowest BCUT2D eigenvalue weighted by molar-refractivity contribution is -0.134. The third-order valence-corrected chi connectivity index (χ3v) is 9.15. The topological polar surface area (TPSA) is 73.8 Å². The second-order valence-corrected chi connectivity index (χ2v) is 11.8. The summed E-state index contributed by atoms with van der Waals surface area (Å²) in [6.45, 7) is 3.26. The Morgan fingerprint density at radius 3 is 2.35 bits per heavy atom. The normalized spacial score (nSPS) is 18.6. The number of carbonyl (C=O) groups is 1. The van der Waals surface area contributed by atoms with E-state index in [2.05, 4.69) is 25.8 Å². The van der Waals surface area contributed by atoms with Crippen molar-refractivity contribution in [3.8, 4) is 0 Å². The standard InChI is InChI=1S/C25H27BrN4O3S/c26-22-3-1-21-16-24(4-2-20(21)15-22)34(32,33)30-14-13-29(25(31)18-30)17-19-7-11-28(12-8-19)23-5-9-27-10-6-23/h1-6,9-10,15-16,19H,7-8,11-14,17-18H2. The summed E-state index contributed by atoms with van der Waals surface area (Å²) in [6.07, 6.45) is 5.65. The van der Waals surface area contributed by atoms with Crippen LogP contribution in [-0.4, -0.2) is 67.8 Å². The Morgan fingerprint density at radius 1 is 0.912 bits per heavy atom. The molecule has 1 aromatic heterocycles. The van der Waals surface area contributed by atoms with Crippen LogP contribution in [0.2, 0.25) is 0 Å². The molecule has 2 fully saturated rings. The highest BCUT2D eigenvalue weighted by atomic mass is 79.9. The molecule has 2 aromatic carbocycles. The molecule has 0 spiro atoms. The summed E-state index contributed by atoms with van der Waals surface area (Å²) in [5.74, 6) is 0.320. The van der Waals surface area contributed by atoms with Crippen molar-refractivity contribution in [3.63, 3.8) is 0 Å². The maximum atomic E-state index is 13.2. The summed E-state index contributed by atoms with van der Waals surface area (Å²) >= 11 is 3.44. The van der Waals surface area contributed by atoms with Gasteiger partial charge in [0.2, 0.25) is 15.9 Å². The molecule has 0 atom stereocenters. The number of anilines is 1. The summed E-state index contributed by atoms with van der Waals surface area (Å²) < 4.78 is 28.8.